The van der Waals surface area contributed by atoms with Gasteiger partial charge in [0.25, 0.3) is 0 Å². The molecule has 2 unspecified atom stereocenters. The number of piperidine rings is 1. The van der Waals surface area contributed by atoms with Crippen molar-refractivity contribution in [3.8, 4) is 0 Å². The van der Waals surface area contributed by atoms with Gasteiger partial charge < -0.3 is 20.2 Å². The second-order valence-corrected chi connectivity index (χ2v) is 7.43. The highest BCUT2D eigenvalue weighted by atomic mass is 16.3. The first-order valence-electron chi connectivity index (χ1n) is 9.71. The highest BCUT2D eigenvalue weighted by Gasteiger charge is 2.16. The predicted molar refractivity (Wildman–Crippen MR) is 101 cm³/mol. The zero-order valence-electron chi connectivity index (χ0n) is 15.1. The van der Waals surface area contributed by atoms with E-state index in [1.807, 2.05) is 0 Å². The van der Waals surface area contributed by atoms with Crippen LogP contribution in [0.25, 0.3) is 0 Å². The number of anilines is 1. The zero-order valence-corrected chi connectivity index (χ0v) is 15.1. The van der Waals surface area contributed by atoms with E-state index < -0.39 is 0 Å². The van der Waals surface area contributed by atoms with Crippen molar-refractivity contribution < 1.29 is 5.11 Å². The maximum Gasteiger partial charge on any atom is 0.0791 e. The highest BCUT2D eigenvalue weighted by molar-refractivity contribution is 5.48. The number of hydrogen-bond acceptors (Lipinski definition) is 4. The van der Waals surface area contributed by atoms with E-state index in [1.165, 1.54) is 56.4 Å². The third kappa shape index (κ3) is 4.95. The first-order chi connectivity index (χ1) is 11.7. The van der Waals surface area contributed by atoms with Gasteiger partial charge in [-0.3, -0.25) is 0 Å². The van der Waals surface area contributed by atoms with Crippen LogP contribution in [0.15, 0.2) is 24.3 Å². The van der Waals surface area contributed by atoms with Crippen LogP contribution in [0.1, 0.15) is 50.6 Å². The van der Waals surface area contributed by atoms with Gasteiger partial charge in [-0.15, -0.1) is 0 Å². The van der Waals surface area contributed by atoms with Gasteiger partial charge in [-0.2, -0.15) is 0 Å². The molecule has 1 aromatic carbocycles. The molecular formula is C20H33N3O. The first kappa shape index (κ1) is 17.7. The Morgan fingerprint density at radius 2 is 1.58 bits per heavy atom. The highest BCUT2D eigenvalue weighted by Crippen LogP contribution is 2.22. The average Bonchev–Trinajstić information content (AvgIpc) is 3.13. The molecule has 2 aliphatic heterocycles. The summed E-state index contributed by atoms with van der Waals surface area (Å²) >= 11 is 0. The Balaban J connectivity index is 1.44. The molecule has 0 amide bonds. The van der Waals surface area contributed by atoms with E-state index in [4.69, 9.17) is 0 Å². The Morgan fingerprint density at radius 3 is 2.25 bits per heavy atom. The molecule has 1 aromatic rings. The van der Waals surface area contributed by atoms with E-state index in [2.05, 4.69) is 46.3 Å². The number of nitrogens with one attached hydrogen (secondary N) is 1. The van der Waals surface area contributed by atoms with Crippen molar-refractivity contribution in [1.82, 2.24) is 10.2 Å². The van der Waals surface area contributed by atoms with Gasteiger partial charge in [0.2, 0.25) is 0 Å². The molecule has 2 N–H and O–H groups in total. The van der Waals surface area contributed by atoms with Gasteiger partial charge in [0.05, 0.1) is 6.10 Å². The molecule has 0 aliphatic carbocycles. The van der Waals surface area contributed by atoms with Crippen molar-refractivity contribution in [3.63, 3.8) is 0 Å². The van der Waals surface area contributed by atoms with Gasteiger partial charge in [0.15, 0.2) is 0 Å². The van der Waals surface area contributed by atoms with Gasteiger partial charge >= 0.3 is 0 Å². The summed E-state index contributed by atoms with van der Waals surface area (Å²) in [7, 11) is 0. The fourth-order valence-corrected chi connectivity index (χ4v) is 3.88. The van der Waals surface area contributed by atoms with Crippen LogP contribution in [0.2, 0.25) is 0 Å². The van der Waals surface area contributed by atoms with E-state index in [9.17, 15) is 5.11 Å². The summed E-state index contributed by atoms with van der Waals surface area (Å²) in [4.78, 5) is 4.86. The van der Waals surface area contributed by atoms with Crippen LogP contribution in [0, 0.1) is 0 Å². The molecule has 4 heteroatoms. The smallest absolute Gasteiger partial charge is 0.0791 e. The molecular weight excluding hydrogens is 298 g/mol. The van der Waals surface area contributed by atoms with Crippen molar-refractivity contribution in [2.75, 3.05) is 44.2 Å². The van der Waals surface area contributed by atoms with Gasteiger partial charge in [-0.05, 0) is 69.8 Å². The molecule has 24 heavy (non-hydrogen) atoms. The maximum absolute atomic E-state index is 10.2. The lowest BCUT2D eigenvalue weighted by atomic mass is 10.1. The molecule has 3 rings (SSSR count). The number of benzene rings is 1. The fourth-order valence-electron chi connectivity index (χ4n) is 3.88. The summed E-state index contributed by atoms with van der Waals surface area (Å²) in [5.74, 6) is 0. The van der Waals surface area contributed by atoms with Crippen LogP contribution in [-0.4, -0.2) is 55.4 Å². The quantitative estimate of drug-likeness (QED) is 0.806. The number of rotatable bonds is 7. The van der Waals surface area contributed by atoms with E-state index >= 15 is 0 Å². The lowest BCUT2D eigenvalue weighted by Gasteiger charge is -2.29. The van der Waals surface area contributed by atoms with Crippen LogP contribution < -0.4 is 10.2 Å². The summed E-state index contributed by atoms with van der Waals surface area (Å²) in [5, 5.41) is 13.7. The monoisotopic (exact) mass is 331 g/mol. The van der Waals surface area contributed by atoms with Crippen molar-refractivity contribution >= 4 is 5.69 Å². The Bertz CT molecular complexity index is 478. The predicted octanol–water partition coefficient (Wildman–Crippen LogP) is 2.78. The van der Waals surface area contributed by atoms with Crippen LogP contribution in [0.4, 0.5) is 5.69 Å². The van der Waals surface area contributed by atoms with Crippen molar-refractivity contribution in [1.29, 1.82) is 0 Å². The SMILES string of the molecule is CC(NCC(O)CN1CCCC1)c1ccc(N2CCCCC2)cc1. The van der Waals surface area contributed by atoms with Crippen molar-refractivity contribution in [2.24, 2.45) is 0 Å². The molecule has 0 aromatic heterocycles. The second-order valence-electron chi connectivity index (χ2n) is 7.43. The lowest BCUT2D eigenvalue weighted by Crippen LogP contribution is -2.37. The van der Waals surface area contributed by atoms with Crippen LogP contribution in [-0.2, 0) is 0 Å². The molecule has 2 saturated heterocycles. The van der Waals surface area contributed by atoms with Gasteiger partial charge in [-0.25, -0.2) is 0 Å². The lowest BCUT2D eigenvalue weighted by molar-refractivity contribution is 0.121. The Hall–Kier alpha value is -1.10. The second kappa shape index (κ2) is 8.84. The first-order valence-corrected chi connectivity index (χ1v) is 9.71. The van der Waals surface area contributed by atoms with E-state index in [0.717, 1.165) is 19.6 Å². The topological polar surface area (TPSA) is 38.7 Å². The number of aliphatic hydroxyl groups excluding tert-OH is 1. The van der Waals surface area contributed by atoms with Gasteiger partial charge in [0.1, 0.15) is 0 Å². The zero-order chi connectivity index (χ0) is 16.8. The van der Waals surface area contributed by atoms with E-state index in [-0.39, 0.29) is 12.1 Å². The van der Waals surface area contributed by atoms with Crippen molar-refractivity contribution in [3.05, 3.63) is 29.8 Å². The minimum atomic E-state index is -0.279. The Kier molecular flexibility index (Phi) is 6.52. The van der Waals surface area contributed by atoms with Gasteiger partial charge in [-0.1, -0.05) is 12.1 Å². The third-order valence-electron chi connectivity index (χ3n) is 5.44. The van der Waals surface area contributed by atoms with Crippen LogP contribution in [0.5, 0.6) is 0 Å². The van der Waals surface area contributed by atoms with E-state index in [0.29, 0.717) is 6.54 Å². The molecule has 134 valence electrons. The number of hydrogen-bond donors (Lipinski definition) is 2. The van der Waals surface area contributed by atoms with Crippen LogP contribution >= 0.6 is 0 Å². The van der Waals surface area contributed by atoms with Crippen molar-refractivity contribution in [2.45, 2.75) is 51.2 Å². The number of aliphatic hydroxyl groups is 1. The number of nitrogens with zero attached hydrogens (tertiary/aromatic N) is 2. The number of likely N-dealkylation sites (tertiary alicyclic amines) is 1. The minimum Gasteiger partial charge on any atom is -0.390 e. The summed E-state index contributed by atoms with van der Waals surface area (Å²) < 4.78 is 0. The molecule has 0 saturated carbocycles. The molecule has 0 radical (unpaired) electrons. The molecule has 4 nitrogen and oxygen atoms in total. The van der Waals surface area contributed by atoms with Crippen LogP contribution in [0.3, 0.4) is 0 Å². The third-order valence-corrected chi connectivity index (χ3v) is 5.44. The Labute approximate surface area is 146 Å². The normalized spacial score (nSPS) is 21.8. The molecule has 2 fully saturated rings. The van der Waals surface area contributed by atoms with E-state index in [1.54, 1.807) is 0 Å². The minimum absolute atomic E-state index is 0.272. The largest absolute Gasteiger partial charge is 0.390 e. The molecule has 0 bridgehead atoms. The summed E-state index contributed by atoms with van der Waals surface area (Å²) in [6.45, 7) is 8.30. The standard InChI is InChI=1S/C20H33N3O/c1-17(21-15-20(24)16-22-11-5-6-12-22)18-7-9-19(10-8-18)23-13-3-2-4-14-23/h7-10,17,20-21,24H,2-6,11-16H2,1H3. The fraction of sp³-hybridized carbons (Fsp3) is 0.700. The molecule has 2 heterocycles. The van der Waals surface area contributed by atoms with Gasteiger partial charge in [0, 0.05) is 37.9 Å². The maximum atomic E-state index is 10.2. The Morgan fingerprint density at radius 1 is 0.958 bits per heavy atom. The molecule has 0 spiro atoms. The summed E-state index contributed by atoms with van der Waals surface area (Å²) in [6.07, 6.45) is 6.27. The summed E-state index contributed by atoms with van der Waals surface area (Å²) in [6, 6.07) is 9.23. The summed E-state index contributed by atoms with van der Waals surface area (Å²) in [5.41, 5.74) is 2.64. The molecule has 2 atom stereocenters. The number of β-amino-alcohol motifs (C(OH)–C–C–N with tert-alkyl or cyclic N) is 1. The molecule has 2 aliphatic rings. The average molecular weight is 332 g/mol.